The summed E-state index contributed by atoms with van der Waals surface area (Å²) in [4.78, 5) is 25.8. The van der Waals surface area contributed by atoms with Crippen molar-refractivity contribution >= 4 is 17.6 Å². The largest absolute Gasteiger partial charge is 0.497 e. The Kier molecular flexibility index (Phi) is 5.36. The van der Waals surface area contributed by atoms with Gasteiger partial charge in [0.2, 0.25) is 5.91 Å². The molecule has 3 rings (SSSR count). The average Bonchev–Trinajstić information content (AvgIpc) is 3.01. The number of halogens is 1. The highest BCUT2D eigenvalue weighted by atomic mass is 19.1. The van der Waals surface area contributed by atoms with E-state index in [0.717, 1.165) is 11.3 Å². The Labute approximate surface area is 150 Å². The van der Waals surface area contributed by atoms with Crippen LogP contribution in [0.15, 0.2) is 48.5 Å². The number of carbonyl (C=O) groups is 2. The molecule has 2 N–H and O–H groups in total. The SMILES string of the molecule is COc1ccc(CNC(=O)N[C@H]2CC(=O)N(c3ccc(F)cc3)C2)cc1. The van der Waals surface area contributed by atoms with E-state index < -0.39 is 0 Å². The number of anilines is 1. The third kappa shape index (κ3) is 4.30. The second-order valence-electron chi connectivity index (χ2n) is 6.06. The third-order valence-electron chi connectivity index (χ3n) is 4.21. The summed E-state index contributed by atoms with van der Waals surface area (Å²) in [7, 11) is 1.60. The fourth-order valence-corrected chi connectivity index (χ4v) is 2.84. The van der Waals surface area contributed by atoms with Crippen LogP contribution in [0, 0.1) is 5.82 Å². The van der Waals surface area contributed by atoms with Crippen molar-refractivity contribution in [2.75, 3.05) is 18.6 Å². The quantitative estimate of drug-likeness (QED) is 0.863. The first-order valence-electron chi connectivity index (χ1n) is 8.28. The Bertz CT molecular complexity index is 778. The number of nitrogens with one attached hydrogen (secondary N) is 2. The molecular weight excluding hydrogens is 337 g/mol. The smallest absolute Gasteiger partial charge is 0.315 e. The number of amides is 3. The Morgan fingerprint density at radius 1 is 1.19 bits per heavy atom. The molecule has 1 aliphatic rings. The highest BCUT2D eigenvalue weighted by Crippen LogP contribution is 2.21. The van der Waals surface area contributed by atoms with Crippen LogP contribution < -0.4 is 20.3 Å². The molecule has 0 bridgehead atoms. The highest BCUT2D eigenvalue weighted by molar-refractivity contribution is 5.96. The van der Waals surface area contributed by atoms with Gasteiger partial charge in [-0.3, -0.25) is 4.79 Å². The molecule has 1 atom stereocenters. The van der Waals surface area contributed by atoms with E-state index in [-0.39, 0.29) is 30.2 Å². The molecule has 0 spiro atoms. The van der Waals surface area contributed by atoms with Crippen LogP contribution in [0.3, 0.4) is 0 Å². The van der Waals surface area contributed by atoms with Crippen LogP contribution in [0.1, 0.15) is 12.0 Å². The topological polar surface area (TPSA) is 70.7 Å². The van der Waals surface area contributed by atoms with Crippen molar-refractivity contribution in [1.29, 1.82) is 0 Å². The standard InChI is InChI=1S/C19H20FN3O3/c1-26-17-8-2-13(3-9-17)11-21-19(25)22-15-10-18(24)23(12-15)16-6-4-14(20)5-7-16/h2-9,15H,10-12H2,1H3,(H2,21,22,25)/t15-/m0/s1. The molecule has 1 saturated heterocycles. The van der Waals surface area contributed by atoms with Crippen LogP contribution in [0.5, 0.6) is 5.75 Å². The lowest BCUT2D eigenvalue weighted by Gasteiger charge is -2.17. The molecule has 26 heavy (non-hydrogen) atoms. The lowest BCUT2D eigenvalue weighted by Crippen LogP contribution is -2.43. The molecule has 2 aromatic carbocycles. The zero-order valence-electron chi connectivity index (χ0n) is 14.4. The predicted octanol–water partition coefficient (Wildman–Crippen LogP) is 2.44. The van der Waals surface area contributed by atoms with Gasteiger partial charge in [-0.15, -0.1) is 0 Å². The van der Waals surface area contributed by atoms with Gasteiger partial charge in [0.15, 0.2) is 0 Å². The van der Waals surface area contributed by atoms with E-state index in [9.17, 15) is 14.0 Å². The van der Waals surface area contributed by atoms with E-state index in [2.05, 4.69) is 10.6 Å². The Morgan fingerprint density at radius 3 is 2.54 bits per heavy atom. The summed E-state index contributed by atoms with van der Waals surface area (Å²) in [6.07, 6.45) is 0.216. The minimum atomic E-state index is -0.354. The minimum Gasteiger partial charge on any atom is -0.497 e. The van der Waals surface area contributed by atoms with Crippen molar-refractivity contribution in [3.05, 3.63) is 59.9 Å². The minimum absolute atomic E-state index is 0.0999. The van der Waals surface area contributed by atoms with E-state index in [4.69, 9.17) is 4.74 Å². The molecule has 136 valence electrons. The van der Waals surface area contributed by atoms with E-state index in [0.29, 0.717) is 18.8 Å². The van der Waals surface area contributed by atoms with Gasteiger partial charge in [-0.2, -0.15) is 0 Å². The summed E-state index contributed by atoms with van der Waals surface area (Å²) in [5, 5.41) is 5.57. The van der Waals surface area contributed by atoms with Gasteiger partial charge >= 0.3 is 6.03 Å². The monoisotopic (exact) mass is 357 g/mol. The lowest BCUT2D eigenvalue weighted by atomic mass is 10.2. The van der Waals surface area contributed by atoms with Crippen LogP contribution in [-0.4, -0.2) is 31.6 Å². The van der Waals surface area contributed by atoms with E-state index in [1.807, 2.05) is 24.3 Å². The number of urea groups is 1. The number of ether oxygens (including phenoxy) is 1. The number of hydrogen-bond acceptors (Lipinski definition) is 3. The van der Waals surface area contributed by atoms with Gasteiger partial charge in [-0.1, -0.05) is 12.1 Å². The summed E-state index contributed by atoms with van der Waals surface area (Å²) in [5.41, 5.74) is 1.57. The molecule has 6 nitrogen and oxygen atoms in total. The predicted molar refractivity (Wildman–Crippen MR) is 95.5 cm³/mol. The van der Waals surface area contributed by atoms with Crippen molar-refractivity contribution in [3.63, 3.8) is 0 Å². The molecule has 0 saturated carbocycles. The molecule has 0 unspecified atom stereocenters. The van der Waals surface area contributed by atoms with Gasteiger partial charge < -0.3 is 20.3 Å². The first-order chi connectivity index (χ1) is 12.5. The van der Waals surface area contributed by atoms with Crippen molar-refractivity contribution in [2.24, 2.45) is 0 Å². The number of hydrogen-bond donors (Lipinski definition) is 2. The molecule has 1 heterocycles. The molecule has 2 aromatic rings. The molecule has 0 aromatic heterocycles. The normalized spacial score (nSPS) is 16.5. The number of nitrogens with zero attached hydrogens (tertiary/aromatic N) is 1. The highest BCUT2D eigenvalue weighted by Gasteiger charge is 2.31. The van der Waals surface area contributed by atoms with Gasteiger partial charge in [-0.05, 0) is 42.0 Å². The zero-order valence-corrected chi connectivity index (χ0v) is 14.4. The van der Waals surface area contributed by atoms with Crippen LogP contribution in [0.25, 0.3) is 0 Å². The molecule has 0 radical (unpaired) electrons. The average molecular weight is 357 g/mol. The Balaban J connectivity index is 1.50. The summed E-state index contributed by atoms with van der Waals surface area (Å²) in [6.45, 7) is 0.735. The van der Waals surface area contributed by atoms with Gasteiger partial charge in [-0.25, -0.2) is 9.18 Å². The fraction of sp³-hybridized carbons (Fsp3) is 0.263. The summed E-state index contributed by atoms with van der Waals surface area (Å²) in [6, 6.07) is 12.5. The maximum atomic E-state index is 13.0. The molecule has 0 aliphatic carbocycles. The Morgan fingerprint density at radius 2 is 1.88 bits per heavy atom. The van der Waals surface area contributed by atoms with Crippen LogP contribution in [0.2, 0.25) is 0 Å². The third-order valence-corrected chi connectivity index (χ3v) is 4.21. The fourth-order valence-electron chi connectivity index (χ4n) is 2.84. The van der Waals surface area contributed by atoms with Crippen LogP contribution in [0.4, 0.5) is 14.9 Å². The van der Waals surface area contributed by atoms with Gasteiger partial charge in [0.05, 0.1) is 13.2 Å². The van der Waals surface area contributed by atoms with Crippen LogP contribution >= 0.6 is 0 Å². The van der Waals surface area contributed by atoms with E-state index in [1.165, 1.54) is 12.1 Å². The number of carbonyl (C=O) groups excluding carboxylic acids is 2. The van der Waals surface area contributed by atoms with Crippen molar-refractivity contribution in [3.8, 4) is 5.75 Å². The van der Waals surface area contributed by atoms with Gasteiger partial charge in [0, 0.05) is 25.2 Å². The number of rotatable bonds is 5. The maximum absolute atomic E-state index is 13.0. The molecule has 1 aliphatic heterocycles. The number of methoxy groups -OCH3 is 1. The molecule has 1 fully saturated rings. The Hall–Kier alpha value is -3.09. The van der Waals surface area contributed by atoms with Gasteiger partial charge in [0.1, 0.15) is 11.6 Å². The molecule has 7 heteroatoms. The van der Waals surface area contributed by atoms with Crippen molar-refractivity contribution in [2.45, 2.75) is 19.0 Å². The molecule has 3 amide bonds. The van der Waals surface area contributed by atoms with Gasteiger partial charge in [0.25, 0.3) is 0 Å². The first kappa shape index (κ1) is 17.7. The summed E-state index contributed by atoms with van der Waals surface area (Å²) < 4.78 is 18.1. The molecular formula is C19H20FN3O3. The van der Waals surface area contributed by atoms with Crippen LogP contribution in [-0.2, 0) is 11.3 Å². The van der Waals surface area contributed by atoms with Crippen molar-refractivity contribution in [1.82, 2.24) is 10.6 Å². The first-order valence-corrected chi connectivity index (χ1v) is 8.28. The van der Waals surface area contributed by atoms with E-state index in [1.54, 1.807) is 24.1 Å². The number of benzene rings is 2. The van der Waals surface area contributed by atoms with E-state index >= 15 is 0 Å². The second-order valence-corrected chi connectivity index (χ2v) is 6.06. The summed E-state index contributed by atoms with van der Waals surface area (Å²) >= 11 is 0. The lowest BCUT2D eigenvalue weighted by molar-refractivity contribution is -0.117. The zero-order chi connectivity index (χ0) is 18.5. The van der Waals surface area contributed by atoms with Crippen molar-refractivity contribution < 1.29 is 18.7 Å². The second kappa shape index (κ2) is 7.86. The maximum Gasteiger partial charge on any atom is 0.315 e. The summed E-state index contributed by atoms with van der Waals surface area (Å²) in [5.74, 6) is 0.300.